The molecule has 2 heterocycles. The second-order valence-corrected chi connectivity index (χ2v) is 5.26. The summed E-state index contributed by atoms with van der Waals surface area (Å²) in [5.41, 5.74) is -0.620. The maximum Gasteiger partial charge on any atom is 0.274 e. The Labute approximate surface area is 116 Å². The fourth-order valence-corrected chi connectivity index (χ4v) is 2.16. The summed E-state index contributed by atoms with van der Waals surface area (Å²) in [4.78, 5) is 26.9. The van der Waals surface area contributed by atoms with Gasteiger partial charge in [0.1, 0.15) is 11.2 Å². The zero-order valence-corrected chi connectivity index (χ0v) is 11.6. The van der Waals surface area contributed by atoms with Crippen molar-refractivity contribution in [2.45, 2.75) is 19.4 Å². The van der Waals surface area contributed by atoms with Crippen LogP contribution in [0.1, 0.15) is 24.3 Å². The second-order valence-electron chi connectivity index (χ2n) is 5.26. The molecular weight excluding hydrogens is 258 g/mol. The van der Waals surface area contributed by atoms with Crippen LogP contribution in [0.25, 0.3) is 0 Å². The highest BCUT2D eigenvalue weighted by molar-refractivity contribution is 5.92. The van der Waals surface area contributed by atoms with E-state index in [-0.39, 0.29) is 17.2 Å². The zero-order valence-electron chi connectivity index (χ0n) is 11.6. The van der Waals surface area contributed by atoms with Gasteiger partial charge in [-0.05, 0) is 19.9 Å². The van der Waals surface area contributed by atoms with Crippen molar-refractivity contribution in [1.82, 2.24) is 20.0 Å². The molecule has 20 heavy (non-hydrogen) atoms. The molecule has 0 spiro atoms. The first-order chi connectivity index (χ1) is 9.44. The summed E-state index contributed by atoms with van der Waals surface area (Å²) in [6.07, 6.45) is 0. The molecule has 1 aliphatic heterocycles. The SMILES string of the molecule is CC(C)(C#N)N1CCN(C(=O)c2ccc(=O)[nH]n2)CC1. The minimum Gasteiger partial charge on any atom is -0.335 e. The van der Waals surface area contributed by atoms with Crippen molar-refractivity contribution in [3.63, 3.8) is 0 Å². The fourth-order valence-electron chi connectivity index (χ4n) is 2.16. The lowest BCUT2D eigenvalue weighted by Crippen LogP contribution is -2.55. The van der Waals surface area contributed by atoms with Crippen LogP contribution in [0, 0.1) is 11.3 Å². The van der Waals surface area contributed by atoms with Gasteiger partial charge in [-0.1, -0.05) is 0 Å². The Hall–Kier alpha value is -2.20. The zero-order chi connectivity index (χ0) is 14.8. The largest absolute Gasteiger partial charge is 0.335 e. The minimum absolute atomic E-state index is 0.198. The molecule has 0 bridgehead atoms. The Kier molecular flexibility index (Phi) is 3.86. The number of nitrogens with one attached hydrogen (secondary N) is 1. The van der Waals surface area contributed by atoms with Crippen LogP contribution in [0.3, 0.4) is 0 Å². The molecule has 0 aromatic carbocycles. The molecule has 1 aromatic heterocycles. The Morgan fingerprint density at radius 2 is 2.00 bits per heavy atom. The van der Waals surface area contributed by atoms with Crippen LogP contribution in [0.4, 0.5) is 0 Å². The molecule has 0 aliphatic carbocycles. The first-order valence-electron chi connectivity index (χ1n) is 6.45. The number of piperazine rings is 1. The van der Waals surface area contributed by atoms with Crippen LogP contribution in [0.5, 0.6) is 0 Å². The Morgan fingerprint density at radius 3 is 2.50 bits per heavy atom. The summed E-state index contributed by atoms with van der Waals surface area (Å²) in [5.74, 6) is -0.198. The number of rotatable bonds is 2. The van der Waals surface area contributed by atoms with Crippen LogP contribution in [0.2, 0.25) is 0 Å². The third-order valence-corrected chi connectivity index (χ3v) is 3.53. The third-order valence-electron chi connectivity index (χ3n) is 3.53. The van der Waals surface area contributed by atoms with E-state index in [0.717, 1.165) is 0 Å². The van der Waals surface area contributed by atoms with E-state index in [1.807, 2.05) is 13.8 Å². The molecule has 1 amide bonds. The van der Waals surface area contributed by atoms with Crippen molar-refractivity contribution in [2.24, 2.45) is 0 Å². The van der Waals surface area contributed by atoms with Gasteiger partial charge in [-0.25, -0.2) is 5.10 Å². The van der Waals surface area contributed by atoms with E-state index in [0.29, 0.717) is 26.2 Å². The number of carbonyl (C=O) groups is 1. The normalized spacial score (nSPS) is 16.8. The molecule has 1 aromatic rings. The first-order valence-corrected chi connectivity index (χ1v) is 6.45. The standard InChI is InChI=1S/C13H17N5O2/c1-13(2,9-14)18-7-5-17(6-8-18)12(20)10-3-4-11(19)16-15-10/h3-4H,5-8H2,1-2H3,(H,16,19). The van der Waals surface area contributed by atoms with Crippen molar-refractivity contribution in [3.05, 3.63) is 28.2 Å². The highest BCUT2D eigenvalue weighted by Gasteiger charge is 2.31. The van der Waals surface area contributed by atoms with E-state index in [4.69, 9.17) is 5.26 Å². The number of carbonyl (C=O) groups excluding carboxylic acids is 1. The van der Waals surface area contributed by atoms with Gasteiger partial charge in [0, 0.05) is 32.2 Å². The molecule has 7 heteroatoms. The molecule has 0 saturated carbocycles. The van der Waals surface area contributed by atoms with Crippen molar-refractivity contribution in [3.8, 4) is 6.07 Å². The Balaban J connectivity index is 2.01. The van der Waals surface area contributed by atoms with Gasteiger partial charge in [-0.15, -0.1) is 0 Å². The molecule has 0 unspecified atom stereocenters. The summed E-state index contributed by atoms with van der Waals surface area (Å²) in [5, 5.41) is 15.1. The molecule has 0 radical (unpaired) electrons. The quantitative estimate of drug-likeness (QED) is 0.809. The van der Waals surface area contributed by atoms with E-state index in [2.05, 4.69) is 21.2 Å². The average Bonchev–Trinajstić information content (AvgIpc) is 2.47. The number of hydrogen-bond acceptors (Lipinski definition) is 5. The molecule has 1 aliphatic rings. The summed E-state index contributed by atoms with van der Waals surface area (Å²) in [6.45, 7) is 6.13. The maximum absolute atomic E-state index is 12.2. The predicted octanol–water partition coefficient (Wildman–Crippen LogP) is -0.170. The summed E-state index contributed by atoms with van der Waals surface area (Å²) < 4.78 is 0. The van der Waals surface area contributed by atoms with Crippen LogP contribution in [-0.4, -0.2) is 57.6 Å². The smallest absolute Gasteiger partial charge is 0.274 e. The molecule has 106 valence electrons. The van der Waals surface area contributed by atoms with Gasteiger partial charge in [0.2, 0.25) is 0 Å². The average molecular weight is 275 g/mol. The highest BCUT2D eigenvalue weighted by Crippen LogP contribution is 2.16. The lowest BCUT2D eigenvalue weighted by Gasteiger charge is -2.40. The Bertz CT molecular complexity index is 573. The molecule has 2 rings (SSSR count). The van der Waals surface area contributed by atoms with Crippen LogP contribution in [0.15, 0.2) is 16.9 Å². The number of aromatic nitrogens is 2. The Morgan fingerprint density at radius 1 is 1.35 bits per heavy atom. The first kappa shape index (κ1) is 14.2. The highest BCUT2D eigenvalue weighted by atomic mass is 16.2. The van der Waals surface area contributed by atoms with Gasteiger partial charge in [0.15, 0.2) is 0 Å². The van der Waals surface area contributed by atoms with Crippen LogP contribution in [-0.2, 0) is 0 Å². The van der Waals surface area contributed by atoms with E-state index in [1.54, 1.807) is 4.90 Å². The van der Waals surface area contributed by atoms with Gasteiger partial charge < -0.3 is 4.90 Å². The second kappa shape index (κ2) is 5.43. The lowest BCUT2D eigenvalue weighted by molar-refractivity contribution is 0.0515. The van der Waals surface area contributed by atoms with Crippen LogP contribution < -0.4 is 5.56 Å². The van der Waals surface area contributed by atoms with Crippen molar-refractivity contribution >= 4 is 5.91 Å². The molecule has 1 fully saturated rings. The summed E-state index contributed by atoms with van der Waals surface area (Å²) >= 11 is 0. The van der Waals surface area contributed by atoms with Crippen molar-refractivity contribution < 1.29 is 4.79 Å². The number of aromatic amines is 1. The van der Waals surface area contributed by atoms with Crippen LogP contribution >= 0.6 is 0 Å². The topological polar surface area (TPSA) is 93.1 Å². The molecule has 1 N–H and O–H groups in total. The number of amides is 1. The summed E-state index contributed by atoms with van der Waals surface area (Å²) in [7, 11) is 0. The molecular formula is C13H17N5O2. The summed E-state index contributed by atoms with van der Waals surface area (Å²) in [6, 6.07) is 4.97. The third kappa shape index (κ3) is 2.86. The molecule has 1 saturated heterocycles. The van der Waals surface area contributed by atoms with Gasteiger partial charge in [0.25, 0.3) is 11.5 Å². The van der Waals surface area contributed by atoms with E-state index in [1.165, 1.54) is 12.1 Å². The van der Waals surface area contributed by atoms with Gasteiger partial charge in [-0.2, -0.15) is 10.4 Å². The molecule has 7 nitrogen and oxygen atoms in total. The van der Waals surface area contributed by atoms with Crippen molar-refractivity contribution in [1.29, 1.82) is 5.26 Å². The van der Waals surface area contributed by atoms with Gasteiger partial charge in [-0.3, -0.25) is 14.5 Å². The number of nitriles is 1. The number of hydrogen-bond donors (Lipinski definition) is 1. The number of nitrogens with zero attached hydrogens (tertiary/aromatic N) is 4. The van der Waals surface area contributed by atoms with E-state index >= 15 is 0 Å². The lowest BCUT2D eigenvalue weighted by atomic mass is 10.0. The van der Waals surface area contributed by atoms with Gasteiger partial charge in [0.05, 0.1) is 6.07 Å². The monoisotopic (exact) mass is 275 g/mol. The predicted molar refractivity (Wildman–Crippen MR) is 72.0 cm³/mol. The van der Waals surface area contributed by atoms with E-state index in [9.17, 15) is 9.59 Å². The maximum atomic E-state index is 12.2. The molecule has 0 atom stereocenters. The number of H-pyrrole nitrogens is 1. The minimum atomic E-state index is -0.522. The van der Waals surface area contributed by atoms with Crippen molar-refractivity contribution in [2.75, 3.05) is 26.2 Å². The van der Waals surface area contributed by atoms with Gasteiger partial charge >= 0.3 is 0 Å². The fraction of sp³-hybridized carbons (Fsp3) is 0.538. The van der Waals surface area contributed by atoms with E-state index < -0.39 is 5.54 Å².